The highest BCUT2D eigenvalue weighted by atomic mass is 127. The topological polar surface area (TPSA) is 50.1 Å². The van der Waals surface area contributed by atoms with Crippen molar-refractivity contribution in [2.75, 3.05) is 17.5 Å². The van der Waals surface area contributed by atoms with Gasteiger partial charge in [-0.25, -0.2) is 0 Å². The van der Waals surface area contributed by atoms with E-state index < -0.39 is 0 Å². The molecule has 0 radical (unpaired) electrons. The van der Waals surface area contributed by atoms with Gasteiger partial charge in [0.2, 0.25) is 0 Å². The zero-order valence-corrected chi connectivity index (χ0v) is 15.8. The van der Waals surface area contributed by atoms with Crippen molar-refractivity contribution in [1.82, 2.24) is 15.3 Å². The lowest BCUT2D eigenvalue weighted by Crippen LogP contribution is -2.26. The minimum Gasteiger partial charge on any atom is -0.412 e. The van der Waals surface area contributed by atoms with Crippen molar-refractivity contribution in [3.8, 4) is 0 Å². The fourth-order valence-electron chi connectivity index (χ4n) is 3.25. The van der Waals surface area contributed by atoms with E-state index in [2.05, 4.69) is 45.1 Å². The summed E-state index contributed by atoms with van der Waals surface area (Å²) in [7, 11) is 0. The van der Waals surface area contributed by atoms with E-state index in [9.17, 15) is 5.21 Å². The number of rotatable bonds is 5. The molecule has 0 spiro atoms. The standard InChI is InChI=1S/C17H21ClIN3O/c18-16-2-1-12(9-14(16)3-6-19)10-17-15(11-22(23)21-17)13-4-7-20-8-5-13/h1-2,9,11,13,20,23H,3-8,10H2. The van der Waals surface area contributed by atoms with Crippen LogP contribution in [-0.2, 0) is 12.8 Å². The minimum atomic E-state index is 0.480. The first-order valence-corrected chi connectivity index (χ1v) is 9.89. The highest BCUT2D eigenvalue weighted by Gasteiger charge is 2.21. The van der Waals surface area contributed by atoms with Crippen LogP contribution in [0.15, 0.2) is 24.4 Å². The van der Waals surface area contributed by atoms with Gasteiger partial charge < -0.3 is 10.5 Å². The van der Waals surface area contributed by atoms with Crippen molar-refractivity contribution >= 4 is 34.2 Å². The summed E-state index contributed by atoms with van der Waals surface area (Å²) in [5.41, 5.74) is 4.54. The molecule has 23 heavy (non-hydrogen) atoms. The Morgan fingerprint density at radius 1 is 1.35 bits per heavy atom. The molecule has 1 aromatic heterocycles. The first-order valence-electron chi connectivity index (χ1n) is 7.99. The number of hydrogen-bond donors (Lipinski definition) is 2. The first-order chi connectivity index (χ1) is 11.2. The SMILES string of the molecule is On1cc(C2CCNCC2)c(Cc2ccc(Cl)c(CCI)c2)n1. The van der Waals surface area contributed by atoms with Gasteiger partial charge in [0.1, 0.15) is 0 Å². The fraction of sp³-hybridized carbons (Fsp3) is 0.471. The van der Waals surface area contributed by atoms with Crippen LogP contribution in [0, 0.1) is 0 Å². The minimum absolute atomic E-state index is 0.480. The Hall–Kier alpha value is -0.790. The maximum Gasteiger partial charge on any atom is 0.0738 e. The average molecular weight is 446 g/mol. The summed E-state index contributed by atoms with van der Waals surface area (Å²) in [4.78, 5) is 0.967. The van der Waals surface area contributed by atoms with E-state index in [4.69, 9.17) is 11.6 Å². The van der Waals surface area contributed by atoms with Gasteiger partial charge in [0.15, 0.2) is 0 Å². The molecule has 0 bridgehead atoms. The number of hydrogen-bond acceptors (Lipinski definition) is 3. The number of benzene rings is 1. The largest absolute Gasteiger partial charge is 0.412 e. The van der Waals surface area contributed by atoms with E-state index >= 15 is 0 Å². The van der Waals surface area contributed by atoms with Gasteiger partial charge >= 0.3 is 0 Å². The summed E-state index contributed by atoms with van der Waals surface area (Å²) in [5.74, 6) is 0.480. The van der Waals surface area contributed by atoms with Gasteiger partial charge in [-0.15, -0.1) is 9.94 Å². The molecule has 0 saturated carbocycles. The third-order valence-corrected chi connectivity index (χ3v) is 5.34. The molecule has 6 heteroatoms. The molecule has 0 amide bonds. The van der Waals surface area contributed by atoms with Crippen LogP contribution in [-0.4, -0.2) is 32.7 Å². The fourth-order valence-corrected chi connectivity index (χ4v) is 4.04. The molecule has 1 aromatic carbocycles. The third-order valence-electron chi connectivity index (χ3n) is 4.44. The van der Waals surface area contributed by atoms with Gasteiger partial charge in [-0.1, -0.05) is 46.3 Å². The summed E-state index contributed by atoms with van der Waals surface area (Å²) in [6.07, 6.45) is 5.67. The summed E-state index contributed by atoms with van der Waals surface area (Å²) >= 11 is 8.63. The molecule has 2 N–H and O–H groups in total. The van der Waals surface area contributed by atoms with Crippen LogP contribution in [0.3, 0.4) is 0 Å². The Balaban J connectivity index is 1.83. The second-order valence-corrected chi connectivity index (χ2v) is 7.50. The molecule has 1 aliphatic heterocycles. The number of alkyl halides is 1. The van der Waals surface area contributed by atoms with E-state index in [-0.39, 0.29) is 0 Å². The van der Waals surface area contributed by atoms with Crippen molar-refractivity contribution in [3.63, 3.8) is 0 Å². The molecule has 2 aromatic rings. The zero-order valence-electron chi connectivity index (χ0n) is 12.9. The molecule has 1 saturated heterocycles. The van der Waals surface area contributed by atoms with Crippen molar-refractivity contribution in [2.24, 2.45) is 0 Å². The van der Waals surface area contributed by atoms with Crippen LogP contribution in [0.1, 0.15) is 41.1 Å². The zero-order chi connectivity index (χ0) is 16.2. The van der Waals surface area contributed by atoms with Gasteiger partial charge in [-0.05, 0) is 55.5 Å². The second-order valence-electron chi connectivity index (χ2n) is 6.02. The summed E-state index contributed by atoms with van der Waals surface area (Å²) in [5, 5.41) is 18.3. The molecule has 124 valence electrons. The van der Waals surface area contributed by atoms with Gasteiger partial charge in [0.25, 0.3) is 0 Å². The lowest BCUT2D eigenvalue weighted by atomic mass is 9.89. The molecule has 3 rings (SSSR count). The summed E-state index contributed by atoms with van der Waals surface area (Å²) in [6.45, 7) is 2.06. The summed E-state index contributed by atoms with van der Waals surface area (Å²) in [6, 6.07) is 6.20. The Morgan fingerprint density at radius 3 is 2.87 bits per heavy atom. The van der Waals surface area contributed by atoms with E-state index in [0.29, 0.717) is 5.92 Å². The van der Waals surface area contributed by atoms with Crippen molar-refractivity contribution < 1.29 is 5.21 Å². The van der Waals surface area contributed by atoms with E-state index in [1.165, 1.54) is 16.7 Å². The first kappa shape index (κ1) is 17.0. The van der Waals surface area contributed by atoms with Gasteiger partial charge in [-0.3, -0.25) is 0 Å². The van der Waals surface area contributed by atoms with E-state index in [1.807, 2.05) is 6.07 Å². The molecule has 1 fully saturated rings. The number of nitrogens with one attached hydrogen (secondary N) is 1. The molecular weight excluding hydrogens is 425 g/mol. The van der Waals surface area contributed by atoms with Crippen LogP contribution in [0.4, 0.5) is 0 Å². The molecule has 0 atom stereocenters. The molecule has 1 aliphatic rings. The van der Waals surface area contributed by atoms with Crippen molar-refractivity contribution in [3.05, 3.63) is 51.8 Å². The highest BCUT2D eigenvalue weighted by molar-refractivity contribution is 14.1. The normalized spacial score (nSPS) is 15.9. The molecule has 2 heterocycles. The molecule has 0 unspecified atom stereocenters. The molecule has 0 aliphatic carbocycles. The van der Waals surface area contributed by atoms with Gasteiger partial charge in [-0.2, -0.15) is 0 Å². The number of halogens is 2. The van der Waals surface area contributed by atoms with E-state index in [1.54, 1.807) is 6.20 Å². The highest BCUT2D eigenvalue weighted by Crippen LogP contribution is 2.29. The predicted octanol–water partition coefficient (Wildman–Crippen LogP) is 3.81. The van der Waals surface area contributed by atoms with Crippen LogP contribution >= 0.6 is 34.2 Å². The predicted molar refractivity (Wildman–Crippen MR) is 101 cm³/mol. The lowest BCUT2D eigenvalue weighted by Gasteiger charge is -2.22. The maximum atomic E-state index is 9.79. The lowest BCUT2D eigenvalue weighted by molar-refractivity contribution is 0.147. The average Bonchev–Trinajstić information content (AvgIpc) is 2.92. The Labute approximate surface area is 155 Å². The smallest absolute Gasteiger partial charge is 0.0738 e. The Morgan fingerprint density at radius 2 is 2.13 bits per heavy atom. The monoisotopic (exact) mass is 445 g/mol. The Bertz CT molecular complexity index is 668. The van der Waals surface area contributed by atoms with Crippen LogP contribution in [0.2, 0.25) is 5.02 Å². The van der Waals surface area contributed by atoms with E-state index in [0.717, 1.165) is 58.8 Å². The summed E-state index contributed by atoms with van der Waals surface area (Å²) < 4.78 is 1.05. The maximum absolute atomic E-state index is 9.79. The van der Waals surface area contributed by atoms with Gasteiger partial charge in [0.05, 0.1) is 11.9 Å². The third kappa shape index (κ3) is 4.19. The number of aryl methyl sites for hydroxylation is 1. The number of nitrogens with zero attached hydrogens (tertiary/aromatic N) is 2. The number of aromatic nitrogens is 2. The van der Waals surface area contributed by atoms with Crippen molar-refractivity contribution in [2.45, 2.75) is 31.6 Å². The quantitative estimate of drug-likeness (QED) is 0.418. The molecular formula is C17H21ClIN3O. The molecule has 4 nitrogen and oxygen atoms in total. The van der Waals surface area contributed by atoms with Crippen LogP contribution < -0.4 is 5.32 Å². The van der Waals surface area contributed by atoms with Gasteiger partial charge in [0, 0.05) is 21.4 Å². The number of piperidine rings is 1. The van der Waals surface area contributed by atoms with Crippen LogP contribution in [0.5, 0.6) is 0 Å². The van der Waals surface area contributed by atoms with Crippen molar-refractivity contribution in [1.29, 1.82) is 0 Å². The second kappa shape index (κ2) is 7.85. The Kier molecular flexibility index (Phi) is 5.82. The van der Waals surface area contributed by atoms with Crippen LogP contribution in [0.25, 0.3) is 0 Å².